The maximum atomic E-state index is 5.26. The Bertz CT molecular complexity index is 379. The minimum absolute atomic E-state index is 0.800. The highest BCUT2D eigenvalue weighted by molar-refractivity contribution is 5.02. The van der Waals surface area contributed by atoms with Gasteiger partial charge in [0.1, 0.15) is 0 Å². The molecule has 0 atom stereocenters. The standard InChI is InChI=1S/C11H12NO/c1-10-4-2-6-12(8-10)9-11-5-3-7-13-11/h2-8H,9H2,1H3/q+1. The summed E-state index contributed by atoms with van der Waals surface area (Å²) in [5, 5.41) is 0. The van der Waals surface area contributed by atoms with Crippen LogP contribution >= 0.6 is 0 Å². The van der Waals surface area contributed by atoms with Crippen LogP contribution in [0.2, 0.25) is 0 Å². The second kappa shape index (κ2) is 3.44. The lowest BCUT2D eigenvalue weighted by atomic mass is 10.3. The second-order valence-corrected chi connectivity index (χ2v) is 3.13. The largest absolute Gasteiger partial charge is 0.463 e. The molecule has 2 aromatic heterocycles. The number of furan rings is 1. The molecule has 0 radical (unpaired) electrons. The molecule has 0 fully saturated rings. The van der Waals surface area contributed by atoms with Crippen LogP contribution in [0.1, 0.15) is 11.3 Å². The Morgan fingerprint density at radius 1 is 1.31 bits per heavy atom. The number of aryl methyl sites for hydroxylation is 1. The molecule has 2 aromatic rings. The van der Waals surface area contributed by atoms with E-state index in [1.165, 1.54) is 5.56 Å². The van der Waals surface area contributed by atoms with Crippen molar-refractivity contribution in [3.8, 4) is 0 Å². The summed E-state index contributed by atoms with van der Waals surface area (Å²) in [5.41, 5.74) is 1.26. The number of rotatable bonds is 2. The number of pyridine rings is 1. The molecule has 0 bridgehead atoms. The molecule has 0 saturated carbocycles. The summed E-state index contributed by atoms with van der Waals surface area (Å²) in [4.78, 5) is 0. The first kappa shape index (κ1) is 8.05. The van der Waals surface area contributed by atoms with E-state index >= 15 is 0 Å². The van der Waals surface area contributed by atoms with Gasteiger partial charge in [0.25, 0.3) is 0 Å². The third-order valence-electron chi connectivity index (χ3n) is 1.92. The maximum absolute atomic E-state index is 5.26. The van der Waals surface area contributed by atoms with Gasteiger partial charge in [-0.15, -0.1) is 0 Å². The molecular formula is C11H12NO+. The predicted octanol–water partition coefficient (Wildman–Crippen LogP) is 1.92. The molecule has 2 heteroatoms. The molecule has 0 N–H and O–H groups in total. The van der Waals surface area contributed by atoms with E-state index in [-0.39, 0.29) is 0 Å². The van der Waals surface area contributed by atoms with Gasteiger partial charge in [-0.1, -0.05) is 0 Å². The van der Waals surface area contributed by atoms with Gasteiger partial charge < -0.3 is 4.42 Å². The second-order valence-electron chi connectivity index (χ2n) is 3.13. The molecule has 2 nitrogen and oxygen atoms in total. The summed E-state index contributed by atoms with van der Waals surface area (Å²) in [6.45, 7) is 2.88. The van der Waals surface area contributed by atoms with Crippen molar-refractivity contribution in [2.45, 2.75) is 13.5 Å². The van der Waals surface area contributed by atoms with Crippen LogP contribution in [0.3, 0.4) is 0 Å². The minimum Gasteiger partial charge on any atom is -0.463 e. The number of nitrogens with zero attached hydrogens (tertiary/aromatic N) is 1. The van der Waals surface area contributed by atoms with Crippen LogP contribution in [0, 0.1) is 6.92 Å². The van der Waals surface area contributed by atoms with Gasteiger partial charge in [0, 0.05) is 11.6 Å². The first-order valence-corrected chi connectivity index (χ1v) is 4.33. The number of aromatic nitrogens is 1. The van der Waals surface area contributed by atoms with Gasteiger partial charge >= 0.3 is 0 Å². The normalized spacial score (nSPS) is 10.2. The van der Waals surface area contributed by atoms with Gasteiger partial charge in [-0.05, 0) is 25.1 Å². The predicted molar refractivity (Wildman–Crippen MR) is 49.2 cm³/mol. The van der Waals surface area contributed by atoms with E-state index in [4.69, 9.17) is 4.42 Å². The zero-order chi connectivity index (χ0) is 9.10. The van der Waals surface area contributed by atoms with E-state index in [1.54, 1.807) is 6.26 Å². The zero-order valence-corrected chi connectivity index (χ0v) is 7.60. The van der Waals surface area contributed by atoms with Crippen molar-refractivity contribution in [3.63, 3.8) is 0 Å². The fourth-order valence-corrected chi connectivity index (χ4v) is 1.33. The third kappa shape index (κ3) is 1.96. The van der Waals surface area contributed by atoms with Crippen LogP contribution < -0.4 is 4.57 Å². The Morgan fingerprint density at radius 3 is 2.92 bits per heavy atom. The molecule has 2 heterocycles. The highest BCUT2D eigenvalue weighted by Crippen LogP contribution is 1.99. The average molecular weight is 174 g/mol. The Hall–Kier alpha value is -1.57. The molecular weight excluding hydrogens is 162 g/mol. The summed E-state index contributed by atoms with van der Waals surface area (Å²) in [6.07, 6.45) is 5.84. The fourth-order valence-electron chi connectivity index (χ4n) is 1.33. The lowest BCUT2D eigenvalue weighted by molar-refractivity contribution is -0.690. The van der Waals surface area contributed by atoms with Crippen molar-refractivity contribution in [2.24, 2.45) is 0 Å². The Kier molecular flexibility index (Phi) is 2.13. The van der Waals surface area contributed by atoms with E-state index in [9.17, 15) is 0 Å². The number of hydrogen-bond acceptors (Lipinski definition) is 1. The van der Waals surface area contributed by atoms with Crippen LogP contribution in [-0.4, -0.2) is 0 Å². The zero-order valence-electron chi connectivity index (χ0n) is 7.60. The Balaban J connectivity index is 2.19. The van der Waals surface area contributed by atoms with Crippen molar-refractivity contribution < 1.29 is 8.98 Å². The van der Waals surface area contributed by atoms with Crippen LogP contribution in [0.5, 0.6) is 0 Å². The van der Waals surface area contributed by atoms with Crippen LogP contribution in [0.4, 0.5) is 0 Å². The molecule has 0 spiro atoms. The van der Waals surface area contributed by atoms with Gasteiger partial charge in [0.15, 0.2) is 18.2 Å². The smallest absolute Gasteiger partial charge is 0.205 e. The molecule has 0 amide bonds. The van der Waals surface area contributed by atoms with Crippen LogP contribution in [0.15, 0.2) is 47.3 Å². The van der Waals surface area contributed by atoms with Crippen molar-refractivity contribution in [3.05, 3.63) is 54.2 Å². The molecule has 0 aliphatic heterocycles. The van der Waals surface area contributed by atoms with Gasteiger partial charge in [-0.3, -0.25) is 0 Å². The summed E-state index contributed by atoms with van der Waals surface area (Å²) in [6, 6.07) is 8.01. The minimum atomic E-state index is 0.800. The molecule has 0 unspecified atom stereocenters. The van der Waals surface area contributed by atoms with Crippen LogP contribution in [0.25, 0.3) is 0 Å². The Morgan fingerprint density at radius 2 is 2.23 bits per heavy atom. The summed E-state index contributed by atoms with van der Waals surface area (Å²) >= 11 is 0. The molecule has 66 valence electrons. The van der Waals surface area contributed by atoms with E-state index < -0.39 is 0 Å². The molecule has 2 rings (SSSR count). The Labute approximate surface area is 77.4 Å². The lowest BCUT2D eigenvalue weighted by Gasteiger charge is -1.94. The van der Waals surface area contributed by atoms with Crippen molar-refractivity contribution in [2.75, 3.05) is 0 Å². The summed E-state index contributed by atoms with van der Waals surface area (Å²) in [7, 11) is 0. The van der Waals surface area contributed by atoms with E-state index in [1.807, 2.05) is 24.4 Å². The van der Waals surface area contributed by atoms with E-state index in [0.717, 1.165) is 12.3 Å². The molecule has 0 aliphatic carbocycles. The van der Waals surface area contributed by atoms with Crippen molar-refractivity contribution in [1.82, 2.24) is 0 Å². The molecule has 13 heavy (non-hydrogen) atoms. The van der Waals surface area contributed by atoms with Gasteiger partial charge in [-0.25, -0.2) is 0 Å². The SMILES string of the molecule is Cc1ccc[n+](Cc2ccco2)c1. The lowest BCUT2D eigenvalue weighted by Crippen LogP contribution is -2.33. The quantitative estimate of drug-likeness (QED) is 0.636. The number of hydrogen-bond donors (Lipinski definition) is 0. The average Bonchev–Trinajstić information content (AvgIpc) is 2.57. The monoisotopic (exact) mass is 174 g/mol. The van der Waals surface area contributed by atoms with E-state index in [0.29, 0.717) is 0 Å². The highest BCUT2D eigenvalue weighted by Gasteiger charge is 2.03. The topological polar surface area (TPSA) is 17.0 Å². The van der Waals surface area contributed by atoms with Crippen molar-refractivity contribution >= 4 is 0 Å². The first-order chi connectivity index (χ1) is 6.34. The summed E-state index contributed by atoms with van der Waals surface area (Å²) < 4.78 is 7.36. The maximum Gasteiger partial charge on any atom is 0.205 e. The highest BCUT2D eigenvalue weighted by atomic mass is 16.3. The molecule has 0 aliphatic rings. The van der Waals surface area contributed by atoms with E-state index in [2.05, 4.69) is 23.8 Å². The van der Waals surface area contributed by atoms with Crippen molar-refractivity contribution in [1.29, 1.82) is 0 Å². The fraction of sp³-hybridized carbons (Fsp3) is 0.182. The third-order valence-corrected chi connectivity index (χ3v) is 1.92. The first-order valence-electron chi connectivity index (χ1n) is 4.33. The summed E-state index contributed by atoms with van der Waals surface area (Å²) in [5.74, 6) is 0.982. The van der Waals surface area contributed by atoms with Gasteiger partial charge in [0.2, 0.25) is 6.54 Å². The molecule has 0 saturated heterocycles. The van der Waals surface area contributed by atoms with Gasteiger partial charge in [-0.2, -0.15) is 4.57 Å². The van der Waals surface area contributed by atoms with Gasteiger partial charge in [0.05, 0.1) is 6.26 Å². The van der Waals surface area contributed by atoms with Crippen LogP contribution in [-0.2, 0) is 6.54 Å². The molecule has 0 aromatic carbocycles.